The molecular formula is C22H22N2O4. The molecule has 28 heavy (non-hydrogen) atoms. The van der Waals surface area contributed by atoms with Gasteiger partial charge in [0.1, 0.15) is 12.4 Å². The highest BCUT2D eigenvalue weighted by Crippen LogP contribution is 2.15. The van der Waals surface area contributed by atoms with Gasteiger partial charge in [-0.3, -0.25) is 14.9 Å². The summed E-state index contributed by atoms with van der Waals surface area (Å²) in [5.41, 5.74) is 6.76. The van der Waals surface area contributed by atoms with E-state index in [0.29, 0.717) is 23.5 Å². The van der Waals surface area contributed by atoms with Crippen LogP contribution in [0.1, 0.15) is 37.7 Å². The van der Waals surface area contributed by atoms with Crippen molar-refractivity contribution >= 4 is 11.9 Å². The van der Waals surface area contributed by atoms with E-state index in [0.717, 1.165) is 17.0 Å². The quantitative estimate of drug-likeness (QED) is 0.662. The minimum absolute atomic E-state index is 0.188. The zero-order valence-electron chi connectivity index (χ0n) is 16.1. The van der Waals surface area contributed by atoms with E-state index >= 15 is 0 Å². The summed E-state index contributed by atoms with van der Waals surface area (Å²) in [6, 6.07) is 17.9. The molecule has 2 aromatic carbocycles. The van der Waals surface area contributed by atoms with Crippen LogP contribution in [0.2, 0.25) is 0 Å². The highest BCUT2D eigenvalue weighted by atomic mass is 16.5. The summed E-state index contributed by atoms with van der Waals surface area (Å²) in [4.78, 5) is 23.8. The van der Waals surface area contributed by atoms with Crippen LogP contribution in [0.3, 0.4) is 0 Å². The molecule has 0 radical (unpaired) electrons. The third-order valence-electron chi connectivity index (χ3n) is 4.38. The molecule has 0 aliphatic carbocycles. The Bertz CT molecular complexity index is 953. The van der Waals surface area contributed by atoms with Gasteiger partial charge in [-0.25, -0.2) is 4.79 Å². The van der Waals surface area contributed by atoms with Crippen LogP contribution in [0, 0.1) is 13.8 Å². The maximum Gasteiger partial charge on any atom is 0.337 e. The maximum absolute atomic E-state index is 12.4. The van der Waals surface area contributed by atoms with Crippen LogP contribution in [-0.2, 0) is 11.3 Å². The number of carbonyl (C=O) groups excluding carboxylic acids is 2. The highest BCUT2D eigenvalue weighted by Gasteiger charge is 2.09. The monoisotopic (exact) mass is 378 g/mol. The van der Waals surface area contributed by atoms with Crippen LogP contribution in [0.15, 0.2) is 60.7 Å². The third-order valence-corrected chi connectivity index (χ3v) is 4.38. The molecule has 1 amide bonds. The number of aromatic nitrogens is 1. The summed E-state index contributed by atoms with van der Waals surface area (Å²) in [7, 11) is 1.35. The molecule has 0 aliphatic rings. The summed E-state index contributed by atoms with van der Waals surface area (Å²) in [5.74, 6) is 0.0981. The molecule has 3 aromatic rings. The minimum atomic E-state index is -0.369. The third kappa shape index (κ3) is 4.40. The van der Waals surface area contributed by atoms with Gasteiger partial charge in [-0.05, 0) is 67.9 Å². The molecule has 3 rings (SSSR count). The van der Waals surface area contributed by atoms with Gasteiger partial charge < -0.3 is 9.47 Å². The van der Waals surface area contributed by atoms with Crippen molar-refractivity contribution in [3.05, 3.63) is 88.7 Å². The summed E-state index contributed by atoms with van der Waals surface area (Å²) in [5, 5.41) is 0. The van der Waals surface area contributed by atoms with Gasteiger partial charge in [0.15, 0.2) is 0 Å². The first-order valence-corrected chi connectivity index (χ1v) is 8.84. The number of carbonyl (C=O) groups is 2. The van der Waals surface area contributed by atoms with Gasteiger partial charge in [0.2, 0.25) is 0 Å². The fourth-order valence-corrected chi connectivity index (χ4v) is 2.73. The van der Waals surface area contributed by atoms with Gasteiger partial charge in [0.05, 0.1) is 12.7 Å². The summed E-state index contributed by atoms with van der Waals surface area (Å²) < 4.78 is 12.2. The van der Waals surface area contributed by atoms with Gasteiger partial charge in [0.25, 0.3) is 5.91 Å². The van der Waals surface area contributed by atoms with E-state index in [9.17, 15) is 9.59 Å². The fraction of sp³-hybridized carbons (Fsp3) is 0.182. The zero-order chi connectivity index (χ0) is 20.1. The number of benzene rings is 2. The lowest BCUT2D eigenvalue weighted by Gasteiger charge is -2.12. The number of rotatable bonds is 6. The Morgan fingerprint density at radius 3 is 2.00 bits per heavy atom. The molecule has 6 heteroatoms. The van der Waals surface area contributed by atoms with E-state index < -0.39 is 0 Å². The molecule has 0 fully saturated rings. The SMILES string of the molecule is COC(=O)c1ccc(COc2ccc(C(=O)Nn3c(C)ccc3C)cc2)cc1. The number of ether oxygens (including phenoxy) is 2. The second-order valence-corrected chi connectivity index (χ2v) is 6.39. The molecule has 0 atom stereocenters. The predicted octanol–water partition coefficient (Wildman–Crippen LogP) is 3.85. The molecule has 6 nitrogen and oxygen atoms in total. The number of nitrogens with zero attached hydrogens (tertiary/aromatic N) is 1. The summed E-state index contributed by atoms with van der Waals surface area (Å²) in [6.45, 7) is 4.22. The summed E-state index contributed by atoms with van der Waals surface area (Å²) >= 11 is 0. The number of amides is 1. The number of hydrogen-bond donors (Lipinski definition) is 1. The Morgan fingerprint density at radius 2 is 1.43 bits per heavy atom. The van der Waals surface area contributed by atoms with Gasteiger partial charge in [-0.2, -0.15) is 0 Å². The Kier molecular flexibility index (Phi) is 5.79. The fourth-order valence-electron chi connectivity index (χ4n) is 2.73. The number of nitrogens with one attached hydrogen (secondary N) is 1. The number of hydrogen-bond acceptors (Lipinski definition) is 4. The molecule has 0 unspecified atom stereocenters. The Balaban J connectivity index is 1.58. The van der Waals surface area contributed by atoms with Crippen LogP contribution in [-0.4, -0.2) is 23.7 Å². The second-order valence-electron chi connectivity index (χ2n) is 6.39. The van der Waals surface area contributed by atoms with Crippen LogP contribution in [0.5, 0.6) is 5.75 Å². The molecule has 0 saturated heterocycles. The van der Waals surface area contributed by atoms with E-state index in [1.165, 1.54) is 7.11 Å². The van der Waals surface area contributed by atoms with Crippen molar-refractivity contribution in [2.75, 3.05) is 12.5 Å². The molecule has 1 heterocycles. The van der Waals surface area contributed by atoms with Crippen molar-refractivity contribution in [3.63, 3.8) is 0 Å². The Hall–Kier alpha value is -3.54. The molecular weight excluding hydrogens is 356 g/mol. The number of aryl methyl sites for hydroxylation is 2. The second kappa shape index (κ2) is 8.43. The van der Waals surface area contributed by atoms with E-state index in [4.69, 9.17) is 4.74 Å². The van der Waals surface area contributed by atoms with Crippen molar-refractivity contribution < 1.29 is 19.1 Å². The van der Waals surface area contributed by atoms with Gasteiger partial charge >= 0.3 is 5.97 Å². The average molecular weight is 378 g/mol. The van der Waals surface area contributed by atoms with E-state index in [2.05, 4.69) is 10.2 Å². The zero-order valence-corrected chi connectivity index (χ0v) is 16.1. The first kappa shape index (κ1) is 19.2. The molecule has 144 valence electrons. The Labute approximate surface area is 163 Å². The van der Waals surface area contributed by atoms with Crippen molar-refractivity contribution in [2.24, 2.45) is 0 Å². The van der Waals surface area contributed by atoms with Crippen molar-refractivity contribution in [1.29, 1.82) is 0 Å². The largest absolute Gasteiger partial charge is 0.489 e. The van der Waals surface area contributed by atoms with E-state index in [1.807, 2.05) is 38.1 Å². The van der Waals surface area contributed by atoms with Crippen LogP contribution in [0.25, 0.3) is 0 Å². The summed E-state index contributed by atoms with van der Waals surface area (Å²) in [6.07, 6.45) is 0. The molecule has 0 saturated carbocycles. The highest BCUT2D eigenvalue weighted by molar-refractivity contribution is 6.00. The lowest BCUT2D eigenvalue weighted by molar-refractivity contribution is 0.0600. The standard InChI is InChI=1S/C22H22N2O4/c1-15-4-5-16(2)24(15)23-21(25)18-10-12-20(13-11-18)28-14-17-6-8-19(9-7-17)22(26)27-3/h4-13H,14H2,1-3H3,(H,23,25). The smallest absolute Gasteiger partial charge is 0.337 e. The first-order valence-electron chi connectivity index (χ1n) is 8.84. The lowest BCUT2D eigenvalue weighted by Crippen LogP contribution is -2.24. The van der Waals surface area contributed by atoms with Crippen LogP contribution < -0.4 is 10.2 Å². The van der Waals surface area contributed by atoms with E-state index in [-0.39, 0.29) is 11.9 Å². The first-order chi connectivity index (χ1) is 13.5. The molecule has 0 spiro atoms. The van der Waals surface area contributed by atoms with Crippen molar-refractivity contribution in [1.82, 2.24) is 4.68 Å². The number of esters is 1. The molecule has 1 aromatic heterocycles. The Morgan fingerprint density at radius 1 is 0.857 bits per heavy atom. The van der Waals surface area contributed by atoms with Crippen molar-refractivity contribution in [3.8, 4) is 5.75 Å². The molecule has 0 bridgehead atoms. The molecule has 0 aliphatic heterocycles. The molecule has 1 N–H and O–H groups in total. The lowest BCUT2D eigenvalue weighted by atomic mass is 10.1. The van der Waals surface area contributed by atoms with Gasteiger partial charge in [-0.1, -0.05) is 12.1 Å². The van der Waals surface area contributed by atoms with Gasteiger partial charge in [-0.15, -0.1) is 0 Å². The average Bonchev–Trinajstić information content (AvgIpc) is 3.04. The topological polar surface area (TPSA) is 69.6 Å². The minimum Gasteiger partial charge on any atom is -0.489 e. The van der Waals surface area contributed by atoms with Crippen molar-refractivity contribution in [2.45, 2.75) is 20.5 Å². The number of methoxy groups -OCH3 is 1. The van der Waals surface area contributed by atoms with Crippen LogP contribution >= 0.6 is 0 Å². The van der Waals surface area contributed by atoms with Crippen LogP contribution in [0.4, 0.5) is 0 Å². The van der Waals surface area contributed by atoms with E-state index in [1.54, 1.807) is 41.1 Å². The maximum atomic E-state index is 12.4. The predicted molar refractivity (Wildman–Crippen MR) is 106 cm³/mol. The normalized spacial score (nSPS) is 10.4. The van der Waals surface area contributed by atoms with Gasteiger partial charge in [0, 0.05) is 17.0 Å².